The molecular weight excluding hydrogens is 433 g/mol. The number of halogens is 3. The van der Waals surface area contributed by atoms with Crippen LogP contribution in [0.3, 0.4) is 0 Å². The number of nitrogens with zero attached hydrogens (tertiary/aromatic N) is 1. The van der Waals surface area contributed by atoms with E-state index in [2.05, 4.69) is 10.2 Å². The second kappa shape index (κ2) is 8.48. The van der Waals surface area contributed by atoms with E-state index in [0.717, 1.165) is 48.9 Å². The first-order valence-corrected chi connectivity index (χ1v) is 11.1. The lowest BCUT2D eigenvalue weighted by atomic mass is 9.86. The third-order valence-electron chi connectivity index (χ3n) is 6.97. The molecule has 4 rings (SSSR count). The Kier molecular flexibility index (Phi) is 5.99. The summed E-state index contributed by atoms with van der Waals surface area (Å²) < 4.78 is 38.6. The van der Waals surface area contributed by atoms with Crippen LogP contribution in [0.15, 0.2) is 48.5 Å². The van der Waals surface area contributed by atoms with Crippen LogP contribution in [0.1, 0.15) is 66.1 Å². The van der Waals surface area contributed by atoms with Crippen LogP contribution in [-0.4, -0.2) is 34.0 Å². The van der Waals surface area contributed by atoms with E-state index in [0.29, 0.717) is 19.5 Å². The summed E-state index contributed by atoms with van der Waals surface area (Å²) in [5.74, 6) is -1.10. The fraction of sp³-hybridized carbons (Fsp3) is 0.440. The van der Waals surface area contributed by atoms with Gasteiger partial charge >= 0.3 is 12.1 Å². The molecule has 5 nitrogen and oxygen atoms in total. The molecule has 0 bridgehead atoms. The maximum Gasteiger partial charge on any atom is 0.416 e. The number of rotatable bonds is 6. The molecule has 1 saturated carbocycles. The van der Waals surface area contributed by atoms with Crippen LogP contribution in [0.5, 0.6) is 0 Å². The number of amides is 1. The first kappa shape index (κ1) is 23.3. The quantitative estimate of drug-likeness (QED) is 0.640. The largest absolute Gasteiger partial charge is 0.478 e. The number of nitrogens with one attached hydrogen (secondary N) is 1. The summed E-state index contributed by atoms with van der Waals surface area (Å²) in [6.07, 6.45) is -0.341. The zero-order chi connectivity index (χ0) is 23.9. The number of carbonyl (C=O) groups excluding carboxylic acids is 1. The van der Waals surface area contributed by atoms with E-state index < -0.39 is 28.8 Å². The van der Waals surface area contributed by atoms with Gasteiger partial charge in [0, 0.05) is 6.54 Å². The Morgan fingerprint density at radius 1 is 1.00 bits per heavy atom. The van der Waals surface area contributed by atoms with E-state index in [1.807, 2.05) is 6.92 Å². The van der Waals surface area contributed by atoms with Gasteiger partial charge < -0.3 is 10.4 Å². The van der Waals surface area contributed by atoms with Crippen molar-refractivity contribution in [1.82, 2.24) is 10.2 Å². The highest BCUT2D eigenvalue weighted by Gasteiger charge is 2.50. The molecule has 0 radical (unpaired) electrons. The van der Waals surface area contributed by atoms with Gasteiger partial charge in [-0.25, -0.2) is 4.79 Å². The number of piperidine rings is 1. The van der Waals surface area contributed by atoms with Crippen molar-refractivity contribution in [3.8, 4) is 0 Å². The molecule has 1 atom stereocenters. The molecule has 1 unspecified atom stereocenters. The van der Waals surface area contributed by atoms with Gasteiger partial charge in [0.2, 0.25) is 5.91 Å². The lowest BCUT2D eigenvalue weighted by Gasteiger charge is -2.44. The number of carboxylic acids is 1. The normalized spacial score (nSPS) is 22.5. The van der Waals surface area contributed by atoms with Gasteiger partial charge in [-0.15, -0.1) is 0 Å². The Hall–Kier alpha value is -2.87. The molecule has 0 spiro atoms. The minimum atomic E-state index is -4.38. The lowest BCUT2D eigenvalue weighted by Crippen LogP contribution is -2.60. The van der Waals surface area contributed by atoms with Gasteiger partial charge in [-0.3, -0.25) is 9.69 Å². The summed E-state index contributed by atoms with van der Waals surface area (Å²) in [6.45, 7) is 2.97. The van der Waals surface area contributed by atoms with E-state index in [1.165, 1.54) is 12.1 Å². The number of hydrogen-bond donors (Lipinski definition) is 2. The average molecular weight is 460 g/mol. The maximum atomic E-state index is 13.5. The van der Waals surface area contributed by atoms with Crippen molar-refractivity contribution in [1.29, 1.82) is 0 Å². The summed E-state index contributed by atoms with van der Waals surface area (Å²) in [4.78, 5) is 26.7. The van der Waals surface area contributed by atoms with Crippen LogP contribution >= 0.6 is 0 Å². The van der Waals surface area contributed by atoms with E-state index in [9.17, 15) is 22.8 Å². The zero-order valence-electron chi connectivity index (χ0n) is 18.4. The van der Waals surface area contributed by atoms with E-state index in [-0.39, 0.29) is 11.5 Å². The summed E-state index contributed by atoms with van der Waals surface area (Å²) in [7, 11) is 0. The van der Waals surface area contributed by atoms with Crippen LogP contribution in [-0.2, 0) is 23.1 Å². The summed E-state index contributed by atoms with van der Waals surface area (Å²) in [5, 5.41) is 12.3. The predicted molar refractivity (Wildman–Crippen MR) is 117 cm³/mol. The van der Waals surface area contributed by atoms with Crippen LogP contribution in [0.25, 0.3) is 0 Å². The molecule has 2 fully saturated rings. The topological polar surface area (TPSA) is 69.6 Å². The van der Waals surface area contributed by atoms with Gasteiger partial charge in [0.05, 0.1) is 22.2 Å². The van der Waals surface area contributed by atoms with E-state index >= 15 is 0 Å². The molecule has 2 aromatic rings. The van der Waals surface area contributed by atoms with Crippen molar-refractivity contribution in [3.63, 3.8) is 0 Å². The highest BCUT2D eigenvalue weighted by Crippen LogP contribution is 2.46. The Labute approximate surface area is 190 Å². The van der Waals surface area contributed by atoms with Crippen molar-refractivity contribution in [2.24, 2.45) is 0 Å². The second-order valence-corrected chi connectivity index (χ2v) is 9.27. The molecule has 2 aromatic carbocycles. The molecule has 176 valence electrons. The highest BCUT2D eigenvalue weighted by molar-refractivity contribution is 5.88. The van der Waals surface area contributed by atoms with Crippen molar-refractivity contribution in [2.45, 2.75) is 62.8 Å². The van der Waals surface area contributed by atoms with Crippen LogP contribution < -0.4 is 5.32 Å². The molecule has 1 saturated heterocycles. The molecule has 2 aliphatic rings. The number of alkyl halides is 3. The summed E-state index contributed by atoms with van der Waals surface area (Å²) >= 11 is 0. The standard InChI is InChI=1S/C25H27F3N2O3/c1-23(22(33)29-24(13-14-24)19-10-6-18(7-11-19)21(31)32)12-2-3-15-30(23)16-17-4-8-20(9-5-17)25(26,27)28/h4-11H,2-3,12-16H2,1H3,(H,29,33)(H,31,32). The van der Waals surface area contributed by atoms with Crippen molar-refractivity contribution in [2.75, 3.05) is 6.54 Å². The highest BCUT2D eigenvalue weighted by atomic mass is 19.4. The average Bonchev–Trinajstić information content (AvgIpc) is 3.56. The van der Waals surface area contributed by atoms with Crippen molar-refractivity contribution < 1.29 is 27.9 Å². The number of likely N-dealkylation sites (tertiary alicyclic amines) is 1. The monoisotopic (exact) mass is 460 g/mol. The third kappa shape index (κ3) is 4.76. The lowest BCUT2D eigenvalue weighted by molar-refractivity contribution is -0.137. The van der Waals surface area contributed by atoms with Crippen LogP contribution in [0.4, 0.5) is 13.2 Å². The van der Waals surface area contributed by atoms with E-state index in [4.69, 9.17) is 5.11 Å². The molecular formula is C25H27F3N2O3. The Morgan fingerprint density at radius 3 is 2.18 bits per heavy atom. The fourth-order valence-corrected chi connectivity index (χ4v) is 4.60. The minimum Gasteiger partial charge on any atom is -0.478 e. The fourth-order valence-electron chi connectivity index (χ4n) is 4.60. The van der Waals surface area contributed by atoms with Crippen LogP contribution in [0, 0.1) is 0 Å². The summed E-state index contributed by atoms with van der Waals surface area (Å²) in [6, 6.07) is 11.7. The van der Waals surface area contributed by atoms with E-state index in [1.54, 1.807) is 24.3 Å². The SMILES string of the molecule is CC1(C(=O)NC2(c3ccc(C(=O)O)cc3)CC2)CCCCN1Cc1ccc(C(F)(F)F)cc1. The smallest absolute Gasteiger partial charge is 0.416 e. The van der Waals surface area contributed by atoms with Crippen LogP contribution in [0.2, 0.25) is 0 Å². The number of aromatic carboxylic acids is 1. The Bertz CT molecular complexity index is 1030. The second-order valence-electron chi connectivity index (χ2n) is 9.27. The van der Waals surface area contributed by atoms with Crippen molar-refractivity contribution in [3.05, 3.63) is 70.8 Å². The van der Waals surface area contributed by atoms with Gasteiger partial charge in [-0.2, -0.15) is 13.2 Å². The summed E-state index contributed by atoms with van der Waals surface area (Å²) in [5.41, 5.74) is -0.145. The zero-order valence-corrected chi connectivity index (χ0v) is 18.4. The first-order chi connectivity index (χ1) is 15.5. The Morgan fingerprint density at radius 2 is 1.64 bits per heavy atom. The van der Waals surface area contributed by atoms with Crippen molar-refractivity contribution >= 4 is 11.9 Å². The third-order valence-corrected chi connectivity index (χ3v) is 6.97. The molecule has 33 heavy (non-hydrogen) atoms. The molecule has 0 aromatic heterocycles. The van der Waals surface area contributed by atoms with Gasteiger partial charge in [-0.1, -0.05) is 24.3 Å². The van der Waals surface area contributed by atoms with Gasteiger partial charge in [0.15, 0.2) is 0 Å². The number of carbonyl (C=O) groups is 2. The molecule has 1 aliphatic heterocycles. The predicted octanol–water partition coefficient (Wildman–Crippen LogP) is 4.95. The van der Waals surface area contributed by atoms with Gasteiger partial charge in [0.25, 0.3) is 0 Å². The molecule has 8 heteroatoms. The minimum absolute atomic E-state index is 0.103. The number of carboxylic acid groups (broad SMARTS) is 1. The molecule has 1 aliphatic carbocycles. The number of hydrogen-bond acceptors (Lipinski definition) is 3. The van der Waals surface area contributed by atoms with Gasteiger partial charge in [-0.05, 0) is 81.0 Å². The molecule has 1 amide bonds. The molecule has 1 heterocycles. The first-order valence-electron chi connectivity index (χ1n) is 11.1. The van der Waals surface area contributed by atoms with Gasteiger partial charge in [0.1, 0.15) is 0 Å². The number of benzene rings is 2. The molecule has 2 N–H and O–H groups in total. The Balaban J connectivity index is 1.49. The maximum absolute atomic E-state index is 13.5.